The SMILES string of the molecule is O=C(CNS(=O)(=O)c1ccccc1Br)c1ccccc1. The van der Waals surface area contributed by atoms with Gasteiger partial charge in [0.25, 0.3) is 0 Å². The van der Waals surface area contributed by atoms with Crippen LogP contribution in [-0.2, 0) is 10.0 Å². The highest BCUT2D eigenvalue weighted by Crippen LogP contribution is 2.20. The first-order valence-electron chi connectivity index (χ1n) is 5.83. The fourth-order valence-electron chi connectivity index (χ4n) is 1.63. The van der Waals surface area contributed by atoms with Crippen LogP contribution in [0.2, 0.25) is 0 Å². The molecular formula is C14H12BrNO3S. The van der Waals surface area contributed by atoms with Crippen LogP contribution in [0.3, 0.4) is 0 Å². The number of ketones is 1. The van der Waals surface area contributed by atoms with Gasteiger partial charge in [-0.05, 0) is 28.1 Å². The lowest BCUT2D eigenvalue weighted by Gasteiger charge is -2.07. The maximum atomic E-state index is 12.1. The van der Waals surface area contributed by atoms with E-state index in [2.05, 4.69) is 20.7 Å². The second-order valence-corrected chi connectivity index (χ2v) is 6.63. The molecule has 104 valence electrons. The van der Waals surface area contributed by atoms with Gasteiger partial charge in [0.15, 0.2) is 5.78 Å². The maximum absolute atomic E-state index is 12.1. The van der Waals surface area contributed by atoms with E-state index in [-0.39, 0.29) is 17.2 Å². The molecule has 2 aromatic rings. The maximum Gasteiger partial charge on any atom is 0.242 e. The van der Waals surface area contributed by atoms with Crippen LogP contribution in [0.5, 0.6) is 0 Å². The smallest absolute Gasteiger partial charge is 0.242 e. The van der Waals surface area contributed by atoms with Crippen LogP contribution in [0.15, 0.2) is 64.0 Å². The van der Waals surface area contributed by atoms with Crippen LogP contribution in [0.4, 0.5) is 0 Å². The number of carbonyl (C=O) groups excluding carboxylic acids is 1. The second kappa shape index (κ2) is 6.30. The molecule has 6 heteroatoms. The lowest BCUT2D eigenvalue weighted by molar-refractivity contribution is 0.0997. The zero-order chi connectivity index (χ0) is 14.6. The predicted molar refractivity (Wildman–Crippen MR) is 80.1 cm³/mol. The van der Waals surface area contributed by atoms with E-state index in [0.717, 1.165) is 0 Å². The molecule has 0 aromatic heterocycles. The molecule has 0 fully saturated rings. The zero-order valence-electron chi connectivity index (χ0n) is 10.4. The molecule has 0 aliphatic rings. The Morgan fingerprint density at radius 3 is 2.25 bits per heavy atom. The van der Waals surface area contributed by atoms with Crippen molar-refractivity contribution < 1.29 is 13.2 Å². The summed E-state index contributed by atoms with van der Waals surface area (Å²) >= 11 is 3.18. The first kappa shape index (κ1) is 14.9. The largest absolute Gasteiger partial charge is 0.293 e. The zero-order valence-corrected chi connectivity index (χ0v) is 12.8. The highest BCUT2D eigenvalue weighted by atomic mass is 79.9. The number of Topliss-reactive ketones (excluding diaryl/α,β-unsaturated/α-hetero) is 1. The van der Waals surface area contributed by atoms with Crippen molar-refractivity contribution in [3.63, 3.8) is 0 Å². The van der Waals surface area contributed by atoms with Crippen molar-refractivity contribution in [2.75, 3.05) is 6.54 Å². The molecule has 0 radical (unpaired) electrons. The molecule has 0 aliphatic heterocycles. The van der Waals surface area contributed by atoms with E-state index in [4.69, 9.17) is 0 Å². The lowest BCUT2D eigenvalue weighted by Crippen LogP contribution is -2.29. The Morgan fingerprint density at radius 2 is 1.60 bits per heavy atom. The summed E-state index contributed by atoms with van der Waals surface area (Å²) in [7, 11) is -3.71. The fraction of sp³-hybridized carbons (Fsp3) is 0.0714. The molecule has 0 unspecified atom stereocenters. The first-order chi connectivity index (χ1) is 9.50. The number of hydrogen-bond donors (Lipinski definition) is 1. The molecule has 0 atom stereocenters. The molecule has 0 bridgehead atoms. The first-order valence-corrected chi connectivity index (χ1v) is 8.11. The molecule has 0 heterocycles. The molecule has 0 spiro atoms. The molecule has 1 N–H and O–H groups in total. The third-order valence-corrected chi connectivity index (χ3v) is 5.06. The van der Waals surface area contributed by atoms with E-state index in [1.54, 1.807) is 48.5 Å². The molecule has 2 rings (SSSR count). The number of sulfonamides is 1. The van der Waals surface area contributed by atoms with E-state index >= 15 is 0 Å². The summed E-state index contributed by atoms with van der Waals surface area (Å²) in [5.41, 5.74) is 0.474. The summed E-state index contributed by atoms with van der Waals surface area (Å²) in [4.78, 5) is 12.0. The van der Waals surface area contributed by atoms with E-state index in [9.17, 15) is 13.2 Å². The number of benzene rings is 2. The van der Waals surface area contributed by atoms with Crippen LogP contribution >= 0.6 is 15.9 Å². The molecular weight excluding hydrogens is 342 g/mol. The fourth-order valence-corrected chi connectivity index (χ4v) is 3.61. The number of nitrogens with one attached hydrogen (secondary N) is 1. The topological polar surface area (TPSA) is 63.2 Å². The summed E-state index contributed by atoms with van der Waals surface area (Å²) in [6.45, 7) is -0.270. The number of halogens is 1. The molecule has 4 nitrogen and oxygen atoms in total. The van der Waals surface area contributed by atoms with E-state index in [1.807, 2.05) is 0 Å². The second-order valence-electron chi connectivity index (χ2n) is 4.04. The standard InChI is InChI=1S/C14H12BrNO3S/c15-12-8-4-5-9-14(12)20(18,19)16-10-13(17)11-6-2-1-3-7-11/h1-9,16H,10H2. The van der Waals surface area contributed by atoms with Crippen molar-refractivity contribution in [1.29, 1.82) is 0 Å². The Balaban J connectivity index is 2.11. The van der Waals surface area contributed by atoms with Crippen LogP contribution in [0.1, 0.15) is 10.4 Å². The minimum atomic E-state index is -3.71. The number of carbonyl (C=O) groups is 1. The highest BCUT2D eigenvalue weighted by Gasteiger charge is 2.18. The predicted octanol–water partition coefficient (Wildman–Crippen LogP) is 2.61. The van der Waals surface area contributed by atoms with Gasteiger partial charge in [-0.25, -0.2) is 13.1 Å². The van der Waals surface area contributed by atoms with E-state index < -0.39 is 10.0 Å². The molecule has 20 heavy (non-hydrogen) atoms. The summed E-state index contributed by atoms with van der Waals surface area (Å²) in [6, 6.07) is 15.0. The van der Waals surface area contributed by atoms with Crippen LogP contribution < -0.4 is 4.72 Å². The van der Waals surface area contributed by atoms with E-state index in [0.29, 0.717) is 10.0 Å². The molecule has 2 aromatic carbocycles. The van der Waals surface area contributed by atoms with Crippen molar-refractivity contribution in [2.45, 2.75) is 4.90 Å². The van der Waals surface area contributed by atoms with Crippen molar-refractivity contribution in [3.05, 3.63) is 64.6 Å². The van der Waals surface area contributed by atoms with Crippen molar-refractivity contribution >= 4 is 31.7 Å². The monoisotopic (exact) mass is 353 g/mol. The average molecular weight is 354 g/mol. The van der Waals surface area contributed by atoms with Crippen LogP contribution in [0.25, 0.3) is 0 Å². The summed E-state index contributed by atoms with van der Waals surface area (Å²) in [5.74, 6) is -0.277. The van der Waals surface area contributed by atoms with Gasteiger partial charge in [0.1, 0.15) is 0 Å². The summed E-state index contributed by atoms with van der Waals surface area (Å²) in [6.07, 6.45) is 0. The van der Waals surface area contributed by atoms with Gasteiger partial charge in [-0.3, -0.25) is 4.79 Å². The Hall–Kier alpha value is -1.50. The molecule has 0 saturated carbocycles. The Labute approximate surface area is 126 Å². The van der Waals surface area contributed by atoms with E-state index in [1.165, 1.54) is 6.07 Å². The third kappa shape index (κ3) is 3.53. The van der Waals surface area contributed by atoms with Crippen LogP contribution in [0, 0.1) is 0 Å². The molecule has 0 aliphatic carbocycles. The van der Waals surface area contributed by atoms with Gasteiger partial charge in [0.2, 0.25) is 10.0 Å². The quantitative estimate of drug-likeness (QED) is 0.840. The van der Waals surface area contributed by atoms with Gasteiger partial charge in [-0.1, -0.05) is 42.5 Å². The highest BCUT2D eigenvalue weighted by molar-refractivity contribution is 9.10. The average Bonchev–Trinajstić information content (AvgIpc) is 2.46. The van der Waals surface area contributed by atoms with Gasteiger partial charge in [-0.2, -0.15) is 0 Å². The molecule has 0 saturated heterocycles. The Morgan fingerprint density at radius 1 is 1.00 bits per heavy atom. The summed E-state index contributed by atoms with van der Waals surface area (Å²) in [5, 5.41) is 0. The van der Waals surface area contributed by atoms with Gasteiger partial charge < -0.3 is 0 Å². The normalized spacial score (nSPS) is 11.2. The summed E-state index contributed by atoms with van der Waals surface area (Å²) < 4.78 is 27.0. The van der Waals surface area contributed by atoms with Crippen LogP contribution in [-0.4, -0.2) is 20.7 Å². The number of rotatable bonds is 5. The van der Waals surface area contributed by atoms with Crippen molar-refractivity contribution in [2.24, 2.45) is 0 Å². The Kier molecular flexibility index (Phi) is 4.69. The van der Waals surface area contributed by atoms with Gasteiger partial charge in [0, 0.05) is 10.0 Å². The minimum absolute atomic E-state index is 0.112. The third-order valence-electron chi connectivity index (χ3n) is 2.64. The Bertz CT molecular complexity index is 714. The van der Waals surface area contributed by atoms with Crippen molar-refractivity contribution in [3.8, 4) is 0 Å². The number of hydrogen-bond acceptors (Lipinski definition) is 3. The van der Waals surface area contributed by atoms with Crippen molar-refractivity contribution in [1.82, 2.24) is 4.72 Å². The lowest BCUT2D eigenvalue weighted by atomic mass is 10.1. The van der Waals surface area contributed by atoms with Gasteiger partial charge in [-0.15, -0.1) is 0 Å². The minimum Gasteiger partial charge on any atom is -0.293 e. The molecule has 0 amide bonds. The van der Waals surface area contributed by atoms with Gasteiger partial charge >= 0.3 is 0 Å². The van der Waals surface area contributed by atoms with Gasteiger partial charge in [0.05, 0.1) is 11.4 Å².